The van der Waals surface area contributed by atoms with E-state index in [1.165, 1.54) is 0 Å². The first kappa shape index (κ1) is 12.1. The molecule has 0 aliphatic rings. The molecule has 5 heteroatoms. The zero-order valence-corrected chi connectivity index (χ0v) is 10.7. The van der Waals surface area contributed by atoms with Crippen molar-refractivity contribution < 1.29 is 4.52 Å². The Bertz CT molecular complexity index is 505. The molecule has 1 aromatic carbocycles. The Morgan fingerprint density at radius 3 is 2.47 bits per heavy atom. The molecule has 0 aliphatic carbocycles. The summed E-state index contributed by atoms with van der Waals surface area (Å²) in [6, 6.07) is 7.33. The van der Waals surface area contributed by atoms with E-state index >= 15 is 0 Å². The molecule has 1 heterocycles. The van der Waals surface area contributed by atoms with Crippen molar-refractivity contribution in [3.63, 3.8) is 0 Å². The number of aromatic nitrogens is 2. The van der Waals surface area contributed by atoms with Gasteiger partial charge in [0.15, 0.2) is 0 Å². The lowest BCUT2D eigenvalue weighted by Crippen LogP contribution is -2.33. The molecular formula is C12H14ClN3O. The third kappa shape index (κ3) is 2.48. The molecule has 0 saturated heterocycles. The first-order chi connectivity index (χ1) is 8.03. The van der Waals surface area contributed by atoms with Gasteiger partial charge < -0.3 is 9.84 Å². The molecule has 4 nitrogen and oxygen atoms in total. The molecule has 0 aliphatic heterocycles. The predicted octanol–water partition coefficient (Wildman–Crippen LogP) is 2.84. The minimum absolute atomic E-state index is 0.336. The molecule has 0 saturated carbocycles. The third-order valence-corrected chi connectivity index (χ3v) is 2.94. The van der Waals surface area contributed by atoms with Crippen LogP contribution in [0.5, 0.6) is 0 Å². The van der Waals surface area contributed by atoms with Crippen LogP contribution in [0.2, 0.25) is 5.02 Å². The molecule has 0 atom stereocenters. The van der Waals surface area contributed by atoms with Crippen molar-refractivity contribution in [3.05, 3.63) is 35.2 Å². The molecule has 0 spiro atoms. The largest absolute Gasteiger partial charge is 0.337 e. The fraction of sp³-hybridized carbons (Fsp3) is 0.333. The normalized spacial score (nSPS) is 11.8. The van der Waals surface area contributed by atoms with Crippen LogP contribution in [0.3, 0.4) is 0 Å². The number of nitrogens with zero attached hydrogens (tertiary/aromatic N) is 2. The van der Waals surface area contributed by atoms with E-state index in [1.54, 1.807) is 12.1 Å². The van der Waals surface area contributed by atoms with Crippen LogP contribution in [0.1, 0.15) is 19.7 Å². The summed E-state index contributed by atoms with van der Waals surface area (Å²) in [4.78, 5) is 4.37. The average molecular weight is 252 g/mol. The Morgan fingerprint density at radius 2 is 1.88 bits per heavy atom. The Kier molecular flexibility index (Phi) is 3.17. The second-order valence-electron chi connectivity index (χ2n) is 4.31. The molecule has 17 heavy (non-hydrogen) atoms. The standard InChI is InChI=1S/C12H14ClN3O/c1-12(2,14-3)11-15-10(16-17-11)8-4-6-9(13)7-5-8/h4-7,14H,1-3H3. The van der Waals surface area contributed by atoms with Crippen LogP contribution in [0, 0.1) is 0 Å². The molecule has 0 bridgehead atoms. The van der Waals surface area contributed by atoms with Gasteiger partial charge in [0, 0.05) is 10.6 Å². The first-order valence-corrected chi connectivity index (χ1v) is 5.70. The lowest BCUT2D eigenvalue weighted by molar-refractivity contribution is 0.281. The van der Waals surface area contributed by atoms with Gasteiger partial charge in [0.05, 0.1) is 5.54 Å². The summed E-state index contributed by atoms with van der Waals surface area (Å²) in [5.41, 5.74) is 0.550. The van der Waals surface area contributed by atoms with Gasteiger partial charge in [0.2, 0.25) is 11.7 Å². The summed E-state index contributed by atoms with van der Waals surface area (Å²) in [6.45, 7) is 3.96. The second kappa shape index (κ2) is 4.47. The van der Waals surface area contributed by atoms with Gasteiger partial charge in [-0.05, 0) is 45.2 Å². The van der Waals surface area contributed by atoms with E-state index in [0.29, 0.717) is 16.7 Å². The van der Waals surface area contributed by atoms with Gasteiger partial charge in [-0.15, -0.1) is 0 Å². The lowest BCUT2D eigenvalue weighted by Gasteiger charge is -2.17. The minimum atomic E-state index is -0.336. The number of hydrogen-bond acceptors (Lipinski definition) is 4. The summed E-state index contributed by atoms with van der Waals surface area (Å²) in [5, 5.41) is 7.76. The van der Waals surface area contributed by atoms with Crippen LogP contribution in [-0.2, 0) is 5.54 Å². The van der Waals surface area contributed by atoms with Crippen molar-refractivity contribution in [1.82, 2.24) is 15.5 Å². The molecule has 2 rings (SSSR count). The smallest absolute Gasteiger partial charge is 0.246 e. The zero-order valence-electron chi connectivity index (χ0n) is 9.99. The highest BCUT2D eigenvalue weighted by molar-refractivity contribution is 6.30. The lowest BCUT2D eigenvalue weighted by atomic mass is 10.1. The number of hydrogen-bond donors (Lipinski definition) is 1. The molecule has 90 valence electrons. The van der Waals surface area contributed by atoms with Gasteiger partial charge in [0.25, 0.3) is 0 Å². The van der Waals surface area contributed by atoms with Gasteiger partial charge in [0.1, 0.15) is 0 Å². The Morgan fingerprint density at radius 1 is 1.24 bits per heavy atom. The summed E-state index contributed by atoms with van der Waals surface area (Å²) in [5.74, 6) is 1.13. The highest BCUT2D eigenvalue weighted by Gasteiger charge is 2.25. The Balaban J connectivity index is 2.33. The van der Waals surface area contributed by atoms with E-state index in [-0.39, 0.29) is 5.54 Å². The van der Waals surface area contributed by atoms with Gasteiger partial charge in [-0.3, -0.25) is 0 Å². The van der Waals surface area contributed by atoms with Crippen molar-refractivity contribution in [3.8, 4) is 11.4 Å². The molecule has 1 aromatic heterocycles. The molecule has 0 fully saturated rings. The topological polar surface area (TPSA) is 51.0 Å². The Hall–Kier alpha value is -1.39. The van der Waals surface area contributed by atoms with Gasteiger partial charge >= 0.3 is 0 Å². The van der Waals surface area contributed by atoms with Crippen LogP contribution in [0.4, 0.5) is 0 Å². The van der Waals surface area contributed by atoms with Crippen LogP contribution in [-0.4, -0.2) is 17.2 Å². The summed E-state index contributed by atoms with van der Waals surface area (Å²) in [6.07, 6.45) is 0. The van der Waals surface area contributed by atoms with E-state index in [1.807, 2.05) is 33.0 Å². The first-order valence-electron chi connectivity index (χ1n) is 5.32. The maximum absolute atomic E-state index is 5.83. The van der Waals surface area contributed by atoms with Gasteiger partial charge in [-0.2, -0.15) is 4.98 Å². The van der Waals surface area contributed by atoms with E-state index in [4.69, 9.17) is 16.1 Å². The predicted molar refractivity (Wildman–Crippen MR) is 66.8 cm³/mol. The van der Waals surface area contributed by atoms with E-state index in [0.717, 1.165) is 5.56 Å². The van der Waals surface area contributed by atoms with Crippen molar-refractivity contribution in [2.24, 2.45) is 0 Å². The summed E-state index contributed by atoms with van der Waals surface area (Å²) in [7, 11) is 1.85. The van der Waals surface area contributed by atoms with Crippen LogP contribution < -0.4 is 5.32 Å². The molecule has 0 unspecified atom stereocenters. The van der Waals surface area contributed by atoms with Gasteiger partial charge in [-0.1, -0.05) is 16.8 Å². The van der Waals surface area contributed by atoms with Crippen molar-refractivity contribution in [2.45, 2.75) is 19.4 Å². The number of rotatable bonds is 3. The Labute approximate surface area is 105 Å². The molecule has 0 amide bonds. The zero-order chi connectivity index (χ0) is 12.5. The molecule has 2 aromatic rings. The van der Waals surface area contributed by atoms with Crippen LogP contribution in [0.25, 0.3) is 11.4 Å². The maximum Gasteiger partial charge on any atom is 0.246 e. The van der Waals surface area contributed by atoms with E-state index in [9.17, 15) is 0 Å². The number of halogens is 1. The number of benzene rings is 1. The van der Waals surface area contributed by atoms with Crippen molar-refractivity contribution in [2.75, 3.05) is 7.05 Å². The minimum Gasteiger partial charge on any atom is -0.337 e. The second-order valence-corrected chi connectivity index (χ2v) is 4.74. The third-order valence-electron chi connectivity index (χ3n) is 2.69. The summed E-state index contributed by atoms with van der Waals surface area (Å²) >= 11 is 5.83. The monoisotopic (exact) mass is 251 g/mol. The fourth-order valence-corrected chi connectivity index (χ4v) is 1.43. The van der Waals surface area contributed by atoms with Crippen LogP contribution in [0.15, 0.2) is 28.8 Å². The van der Waals surface area contributed by atoms with E-state index < -0.39 is 0 Å². The van der Waals surface area contributed by atoms with Crippen molar-refractivity contribution >= 4 is 11.6 Å². The molecular weight excluding hydrogens is 238 g/mol. The highest BCUT2D eigenvalue weighted by atomic mass is 35.5. The fourth-order valence-electron chi connectivity index (χ4n) is 1.30. The van der Waals surface area contributed by atoms with E-state index in [2.05, 4.69) is 15.5 Å². The maximum atomic E-state index is 5.83. The quantitative estimate of drug-likeness (QED) is 0.911. The van der Waals surface area contributed by atoms with Crippen LogP contribution >= 0.6 is 11.6 Å². The van der Waals surface area contributed by atoms with Gasteiger partial charge in [-0.25, -0.2) is 0 Å². The average Bonchev–Trinajstić information content (AvgIpc) is 2.80. The molecule has 0 radical (unpaired) electrons. The SMILES string of the molecule is CNC(C)(C)c1nc(-c2ccc(Cl)cc2)no1. The molecule has 1 N–H and O–H groups in total. The van der Waals surface area contributed by atoms with Crippen molar-refractivity contribution in [1.29, 1.82) is 0 Å². The summed E-state index contributed by atoms with van der Waals surface area (Å²) < 4.78 is 5.25. The number of nitrogens with one attached hydrogen (secondary N) is 1. The highest BCUT2D eigenvalue weighted by Crippen LogP contribution is 2.23.